The van der Waals surface area contributed by atoms with Crippen molar-refractivity contribution < 1.29 is 4.79 Å². The van der Waals surface area contributed by atoms with E-state index in [0.717, 1.165) is 52.5 Å². The first-order valence-electron chi connectivity index (χ1n) is 11.1. The number of nitrogens with one attached hydrogen (secondary N) is 1. The predicted octanol–water partition coefficient (Wildman–Crippen LogP) is 5.72. The van der Waals surface area contributed by atoms with Crippen LogP contribution in [0.2, 0.25) is 0 Å². The van der Waals surface area contributed by atoms with Crippen molar-refractivity contribution in [1.82, 2.24) is 14.8 Å². The van der Waals surface area contributed by atoms with Crippen molar-refractivity contribution in [1.29, 1.82) is 0 Å². The summed E-state index contributed by atoms with van der Waals surface area (Å²) in [6, 6.07) is 8.08. The van der Waals surface area contributed by atoms with E-state index in [1.54, 1.807) is 23.1 Å². The molecule has 2 aliphatic heterocycles. The Morgan fingerprint density at radius 3 is 2.43 bits per heavy atom. The Hall–Kier alpha value is -1.57. The van der Waals surface area contributed by atoms with Crippen LogP contribution in [0.25, 0.3) is 0 Å². The number of aryl methyl sites for hydroxylation is 1. The van der Waals surface area contributed by atoms with Gasteiger partial charge in [-0.3, -0.25) is 0 Å². The highest BCUT2D eigenvalue weighted by atomic mass is 32.2. The Balaban J connectivity index is 1.21. The molecule has 0 bridgehead atoms. The second-order valence-corrected chi connectivity index (χ2v) is 10.6. The van der Waals surface area contributed by atoms with Crippen LogP contribution < -0.4 is 5.32 Å². The minimum Gasteiger partial charge on any atom is -0.325 e. The van der Waals surface area contributed by atoms with Gasteiger partial charge in [0.1, 0.15) is 0 Å². The maximum absolute atomic E-state index is 12.7. The first-order chi connectivity index (χ1) is 14.7. The molecule has 7 heteroatoms. The molecule has 1 aromatic heterocycles. The molecule has 2 saturated heterocycles. The predicted molar refractivity (Wildman–Crippen MR) is 126 cm³/mol. The van der Waals surface area contributed by atoms with Crippen molar-refractivity contribution in [2.45, 2.75) is 54.7 Å². The molecule has 3 heterocycles. The van der Waals surface area contributed by atoms with E-state index < -0.39 is 0 Å². The molecular weight excluding hydrogens is 412 g/mol. The summed E-state index contributed by atoms with van der Waals surface area (Å²) in [5.41, 5.74) is 1.91. The molecule has 2 fully saturated rings. The number of thiazole rings is 1. The molecule has 1 N–H and O–H groups in total. The number of aromatic nitrogens is 1. The number of nitrogens with zero attached hydrogens (tertiary/aromatic N) is 3. The number of urea groups is 1. The van der Waals surface area contributed by atoms with Crippen LogP contribution in [0.5, 0.6) is 0 Å². The van der Waals surface area contributed by atoms with E-state index in [1.165, 1.54) is 45.3 Å². The zero-order chi connectivity index (χ0) is 20.8. The minimum absolute atomic E-state index is 0.0270. The third kappa shape index (κ3) is 6.22. The maximum Gasteiger partial charge on any atom is 0.321 e. The van der Waals surface area contributed by atoms with Crippen LogP contribution in [0.1, 0.15) is 44.2 Å². The number of amides is 2. The number of likely N-dealkylation sites (tertiary alicyclic amines) is 2. The molecule has 5 nitrogen and oxygen atoms in total. The van der Waals surface area contributed by atoms with Crippen molar-refractivity contribution in [3.8, 4) is 0 Å². The Morgan fingerprint density at radius 1 is 1.10 bits per heavy atom. The topological polar surface area (TPSA) is 48.5 Å². The highest BCUT2D eigenvalue weighted by molar-refractivity contribution is 8.01. The molecule has 2 amide bonds. The van der Waals surface area contributed by atoms with E-state index >= 15 is 0 Å². The van der Waals surface area contributed by atoms with Crippen molar-refractivity contribution in [3.05, 3.63) is 35.3 Å². The number of piperidine rings is 1. The third-order valence-electron chi connectivity index (χ3n) is 6.03. The van der Waals surface area contributed by atoms with Gasteiger partial charge in [-0.1, -0.05) is 24.6 Å². The second kappa shape index (κ2) is 10.6. The summed E-state index contributed by atoms with van der Waals surface area (Å²) in [7, 11) is 0. The fraction of sp³-hybridized carbons (Fsp3) is 0.565. The third-order valence-corrected chi connectivity index (χ3v) is 8.09. The Kier molecular flexibility index (Phi) is 7.68. The van der Waals surface area contributed by atoms with E-state index in [1.807, 2.05) is 36.1 Å². The largest absolute Gasteiger partial charge is 0.325 e. The molecule has 0 unspecified atom stereocenters. The maximum atomic E-state index is 12.7. The summed E-state index contributed by atoms with van der Waals surface area (Å²) in [4.78, 5) is 22.9. The van der Waals surface area contributed by atoms with Gasteiger partial charge < -0.3 is 15.1 Å². The SMILES string of the molecule is Cc1csc(Sc2ccc(NC(=O)N3CCC(CN4CCCCCC4)CC3)cc2)n1. The molecule has 0 atom stereocenters. The van der Waals surface area contributed by atoms with Crippen LogP contribution in [0, 0.1) is 12.8 Å². The normalized spacial score (nSPS) is 18.9. The van der Waals surface area contributed by atoms with Crippen LogP contribution in [-0.4, -0.2) is 53.5 Å². The van der Waals surface area contributed by atoms with Gasteiger partial charge in [-0.2, -0.15) is 0 Å². The minimum atomic E-state index is 0.0270. The van der Waals surface area contributed by atoms with E-state index in [2.05, 4.69) is 20.6 Å². The van der Waals surface area contributed by atoms with Gasteiger partial charge in [0.05, 0.1) is 0 Å². The average Bonchev–Trinajstić information content (AvgIpc) is 2.99. The smallest absolute Gasteiger partial charge is 0.321 e. The summed E-state index contributed by atoms with van der Waals surface area (Å²) < 4.78 is 1.05. The first-order valence-corrected chi connectivity index (χ1v) is 12.8. The number of benzene rings is 1. The van der Waals surface area contributed by atoms with Crippen LogP contribution in [0.4, 0.5) is 10.5 Å². The van der Waals surface area contributed by atoms with E-state index in [0.29, 0.717) is 0 Å². The molecule has 1 aromatic carbocycles. The molecule has 162 valence electrons. The van der Waals surface area contributed by atoms with E-state index in [-0.39, 0.29) is 6.03 Å². The van der Waals surface area contributed by atoms with Crippen LogP contribution >= 0.6 is 23.1 Å². The van der Waals surface area contributed by atoms with Crippen LogP contribution in [0.15, 0.2) is 38.9 Å². The van der Waals surface area contributed by atoms with E-state index in [9.17, 15) is 4.79 Å². The average molecular weight is 445 g/mol. The Labute approximate surface area is 188 Å². The van der Waals surface area contributed by atoms with Crippen LogP contribution in [-0.2, 0) is 0 Å². The first kappa shape index (κ1) is 21.7. The van der Waals surface area contributed by atoms with Gasteiger partial charge in [-0.15, -0.1) is 11.3 Å². The van der Waals surface area contributed by atoms with Crippen molar-refractivity contribution in [2.75, 3.05) is 38.0 Å². The molecule has 2 aromatic rings. The molecule has 0 radical (unpaired) electrons. The fourth-order valence-electron chi connectivity index (χ4n) is 4.29. The number of hydrogen-bond acceptors (Lipinski definition) is 5. The summed E-state index contributed by atoms with van der Waals surface area (Å²) in [5.74, 6) is 0.734. The van der Waals surface area contributed by atoms with Crippen molar-refractivity contribution in [3.63, 3.8) is 0 Å². The molecule has 2 aliphatic rings. The Bertz CT molecular complexity index is 807. The molecular formula is C23H32N4OS2. The van der Waals surface area contributed by atoms with Crippen molar-refractivity contribution >= 4 is 34.8 Å². The number of anilines is 1. The van der Waals surface area contributed by atoms with Gasteiger partial charge in [-0.25, -0.2) is 9.78 Å². The number of carbonyl (C=O) groups is 1. The zero-order valence-electron chi connectivity index (χ0n) is 17.8. The lowest BCUT2D eigenvalue weighted by atomic mass is 9.96. The van der Waals surface area contributed by atoms with Crippen molar-refractivity contribution in [2.24, 2.45) is 5.92 Å². The highest BCUT2D eigenvalue weighted by Gasteiger charge is 2.24. The summed E-state index contributed by atoms with van der Waals surface area (Å²) in [6.45, 7) is 7.47. The van der Waals surface area contributed by atoms with Gasteiger partial charge in [0.2, 0.25) is 0 Å². The molecule has 0 spiro atoms. The van der Waals surface area contributed by atoms with Gasteiger partial charge >= 0.3 is 6.03 Å². The van der Waals surface area contributed by atoms with E-state index in [4.69, 9.17) is 0 Å². The van der Waals surface area contributed by atoms with Gasteiger partial charge in [0, 0.05) is 41.3 Å². The molecule has 30 heavy (non-hydrogen) atoms. The Morgan fingerprint density at radius 2 is 1.80 bits per heavy atom. The zero-order valence-corrected chi connectivity index (χ0v) is 19.4. The van der Waals surface area contributed by atoms with Gasteiger partial charge in [-0.05, 0) is 75.9 Å². The van der Waals surface area contributed by atoms with Gasteiger partial charge in [0.15, 0.2) is 4.34 Å². The molecule has 4 rings (SSSR count). The standard InChI is InChI=1S/C23H32N4OS2/c1-18-17-29-23(24-18)30-21-8-6-20(7-9-21)25-22(28)27-14-10-19(11-15-27)16-26-12-4-2-3-5-13-26/h6-9,17,19H,2-5,10-16H2,1H3,(H,25,28). The lowest BCUT2D eigenvalue weighted by Crippen LogP contribution is -2.43. The lowest BCUT2D eigenvalue weighted by Gasteiger charge is -2.34. The summed E-state index contributed by atoms with van der Waals surface area (Å²) in [6.07, 6.45) is 7.71. The number of carbonyl (C=O) groups excluding carboxylic acids is 1. The monoisotopic (exact) mass is 444 g/mol. The lowest BCUT2D eigenvalue weighted by molar-refractivity contribution is 0.155. The summed E-state index contributed by atoms with van der Waals surface area (Å²) >= 11 is 3.32. The molecule has 0 saturated carbocycles. The summed E-state index contributed by atoms with van der Waals surface area (Å²) in [5, 5.41) is 5.13. The number of rotatable bonds is 5. The second-order valence-electron chi connectivity index (χ2n) is 8.46. The van der Waals surface area contributed by atoms with Crippen LogP contribution in [0.3, 0.4) is 0 Å². The highest BCUT2D eigenvalue weighted by Crippen LogP contribution is 2.31. The van der Waals surface area contributed by atoms with Gasteiger partial charge in [0.25, 0.3) is 0 Å². The number of hydrogen-bond donors (Lipinski definition) is 1. The molecule has 0 aliphatic carbocycles. The fourth-order valence-corrected chi connectivity index (χ4v) is 6.10. The quantitative estimate of drug-likeness (QED) is 0.640.